The minimum absolute atomic E-state index is 0.0666. The van der Waals surface area contributed by atoms with E-state index in [4.69, 9.17) is 11.5 Å². The Morgan fingerprint density at radius 2 is 2.11 bits per heavy atom. The number of aromatic nitrogens is 1. The van der Waals surface area contributed by atoms with Gasteiger partial charge in [0, 0.05) is 13.1 Å². The van der Waals surface area contributed by atoms with Gasteiger partial charge < -0.3 is 21.7 Å². The third kappa shape index (κ3) is 3.85. The number of nitrogens with one attached hydrogen (secondary N) is 1. The lowest BCUT2D eigenvalue weighted by Gasteiger charge is -2.28. The zero-order valence-electron chi connectivity index (χ0n) is 11.3. The second-order valence-electron chi connectivity index (χ2n) is 5.39. The number of carbonyl (C=O) groups is 1. The Morgan fingerprint density at radius 1 is 1.50 bits per heavy atom. The number of nitrogens with zero attached hydrogens (tertiary/aromatic N) is 2. The first-order chi connectivity index (χ1) is 8.23. The molecule has 102 valence electrons. The van der Waals surface area contributed by atoms with Crippen LogP contribution in [0.3, 0.4) is 0 Å². The molecule has 0 aliphatic heterocycles. The summed E-state index contributed by atoms with van der Waals surface area (Å²) < 4.78 is 3.95. The van der Waals surface area contributed by atoms with E-state index < -0.39 is 5.91 Å². The van der Waals surface area contributed by atoms with Crippen LogP contribution in [0.2, 0.25) is 0 Å². The molecule has 7 heteroatoms. The Hall–Kier alpha value is -1.34. The zero-order chi connectivity index (χ0) is 13.9. The van der Waals surface area contributed by atoms with Gasteiger partial charge in [-0.2, -0.15) is 4.37 Å². The number of amides is 1. The van der Waals surface area contributed by atoms with E-state index in [1.54, 1.807) is 0 Å². The molecule has 0 unspecified atom stereocenters. The van der Waals surface area contributed by atoms with E-state index in [9.17, 15) is 4.79 Å². The monoisotopic (exact) mass is 271 g/mol. The van der Waals surface area contributed by atoms with Gasteiger partial charge in [-0.1, -0.05) is 13.8 Å². The van der Waals surface area contributed by atoms with Gasteiger partial charge in [-0.05, 0) is 31.0 Å². The predicted octanol–water partition coefficient (Wildman–Crippen LogP) is 0.824. The quantitative estimate of drug-likeness (QED) is 0.712. The maximum atomic E-state index is 11.3. The molecule has 0 radical (unpaired) electrons. The van der Waals surface area contributed by atoms with Crippen LogP contribution in [0.5, 0.6) is 0 Å². The van der Waals surface area contributed by atoms with Crippen molar-refractivity contribution >= 4 is 28.3 Å². The first kappa shape index (κ1) is 14.7. The second kappa shape index (κ2) is 5.53. The molecule has 0 spiro atoms. The molecule has 1 heterocycles. The maximum absolute atomic E-state index is 11.3. The van der Waals surface area contributed by atoms with Crippen molar-refractivity contribution in [1.82, 2.24) is 9.27 Å². The minimum Gasteiger partial charge on any atom is -0.382 e. The lowest BCUT2D eigenvalue weighted by atomic mass is 9.93. The summed E-state index contributed by atoms with van der Waals surface area (Å²) >= 11 is 1.16. The summed E-state index contributed by atoms with van der Waals surface area (Å²) in [6.45, 7) is 5.94. The van der Waals surface area contributed by atoms with Crippen LogP contribution in [-0.4, -0.2) is 42.4 Å². The topological polar surface area (TPSA) is 97.3 Å². The van der Waals surface area contributed by atoms with Crippen LogP contribution in [0.15, 0.2) is 0 Å². The average Bonchev–Trinajstić information content (AvgIpc) is 2.54. The van der Waals surface area contributed by atoms with Crippen LogP contribution in [0, 0.1) is 5.41 Å². The predicted molar refractivity (Wildman–Crippen MR) is 75.9 cm³/mol. The second-order valence-corrected chi connectivity index (χ2v) is 6.17. The van der Waals surface area contributed by atoms with Crippen LogP contribution >= 0.6 is 11.5 Å². The van der Waals surface area contributed by atoms with Crippen LogP contribution in [-0.2, 0) is 0 Å². The standard InChI is InChI=1S/C11H21N5OS/c1-11(2,6-16(3)4)5-14-10-7(9(13)17)8(12)15-18-10/h14H,5-6H2,1-4H3,(H2,12,15)(H2,13,17). The summed E-state index contributed by atoms with van der Waals surface area (Å²) in [4.78, 5) is 13.4. The summed E-state index contributed by atoms with van der Waals surface area (Å²) in [6, 6.07) is 0. The number of nitrogen functional groups attached to an aromatic ring is 1. The number of rotatable bonds is 6. The van der Waals surface area contributed by atoms with Crippen molar-refractivity contribution in [2.24, 2.45) is 11.1 Å². The fraction of sp³-hybridized carbons (Fsp3) is 0.636. The van der Waals surface area contributed by atoms with Crippen LogP contribution in [0.1, 0.15) is 24.2 Å². The summed E-state index contributed by atoms with van der Waals surface area (Å²) in [6.07, 6.45) is 0. The lowest BCUT2D eigenvalue weighted by molar-refractivity contribution is 0.100. The highest BCUT2D eigenvalue weighted by Gasteiger charge is 2.22. The van der Waals surface area contributed by atoms with Gasteiger partial charge in [0.25, 0.3) is 5.91 Å². The van der Waals surface area contributed by atoms with E-state index in [-0.39, 0.29) is 11.2 Å². The summed E-state index contributed by atoms with van der Waals surface area (Å²) in [7, 11) is 4.06. The molecule has 0 aliphatic carbocycles. The van der Waals surface area contributed by atoms with E-state index in [2.05, 4.69) is 28.4 Å². The maximum Gasteiger partial charge on any atom is 0.255 e. The normalized spacial score (nSPS) is 11.8. The van der Waals surface area contributed by atoms with Gasteiger partial charge in [-0.15, -0.1) is 0 Å². The Balaban J connectivity index is 2.72. The molecule has 0 atom stereocenters. The number of hydrogen-bond donors (Lipinski definition) is 3. The third-order valence-electron chi connectivity index (χ3n) is 2.44. The Bertz CT molecular complexity index is 427. The fourth-order valence-electron chi connectivity index (χ4n) is 1.89. The molecule has 0 saturated carbocycles. The third-order valence-corrected chi connectivity index (χ3v) is 3.26. The molecule has 1 aromatic heterocycles. The van der Waals surface area contributed by atoms with Gasteiger partial charge in [0.05, 0.1) is 0 Å². The molecule has 0 saturated heterocycles. The molecule has 1 amide bonds. The molecule has 18 heavy (non-hydrogen) atoms. The molecule has 0 bridgehead atoms. The largest absolute Gasteiger partial charge is 0.382 e. The molecular formula is C11H21N5OS. The highest BCUT2D eigenvalue weighted by molar-refractivity contribution is 7.11. The molecule has 6 nitrogen and oxygen atoms in total. The van der Waals surface area contributed by atoms with Crippen molar-refractivity contribution in [1.29, 1.82) is 0 Å². The molecule has 1 rings (SSSR count). The van der Waals surface area contributed by atoms with E-state index in [1.807, 2.05) is 14.1 Å². The lowest BCUT2D eigenvalue weighted by Crippen LogP contribution is -2.34. The summed E-state index contributed by atoms with van der Waals surface area (Å²) in [5.74, 6) is -0.352. The summed E-state index contributed by atoms with van der Waals surface area (Å²) in [5.41, 5.74) is 11.3. The Labute approximate surface area is 112 Å². The van der Waals surface area contributed by atoms with Crippen molar-refractivity contribution in [3.8, 4) is 0 Å². The van der Waals surface area contributed by atoms with Crippen LogP contribution in [0.4, 0.5) is 10.8 Å². The van der Waals surface area contributed by atoms with Crippen molar-refractivity contribution in [2.75, 3.05) is 38.2 Å². The zero-order valence-corrected chi connectivity index (χ0v) is 12.1. The fourth-order valence-corrected chi connectivity index (χ4v) is 2.61. The number of nitrogens with two attached hydrogens (primary N) is 2. The minimum atomic E-state index is -0.547. The first-order valence-electron chi connectivity index (χ1n) is 5.66. The molecule has 1 aromatic rings. The Kier molecular flexibility index (Phi) is 4.53. The van der Waals surface area contributed by atoms with Crippen LogP contribution < -0.4 is 16.8 Å². The number of carbonyl (C=O) groups excluding carboxylic acids is 1. The number of primary amides is 1. The molecule has 0 aliphatic rings. The molecular weight excluding hydrogens is 250 g/mol. The number of anilines is 2. The van der Waals surface area contributed by atoms with Gasteiger partial charge in [-0.3, -0.25) is 4.79 Å². The van der Waals surface area contributed by atoms with E-state index in [0.29, 0.717) is 17.1 Å². The van der Waals surface area contributed by atoms with Crippen molar-refractivity contribution < 1.29 is 4.79 Å². The van der Waals surface area contributed by atoms with E-state index >= 15 is 0 Å². The SMILES string of the molecule is CN(C)CC(C)(C)CNc1snc(N)c1C(N)=O. The van der Waals surface area contributed by atoms with Gasteiger partial charge in [-0.25, -0.2) is 0 Å². The average molecular weight is 271 g/mol. The van der Waals surface area contributed by atoms with Crippen molar-refractivity contribution in [3.63, 3.8) is 0 Å². The highest BCUT2D eigenvalue weighted by Crippen LogP contribution is 2.27. The van der Waals surface area contributed by atoms with Crippen LogP contribution in [0.25, 0.3) is 0 Å². The first-order valence-corrected chi connectivity index (χ1v) is 6.44. The Morgan fingerprint density at radius 3 is 2.61 bits per heavy atom. The van der Waals surface area contributed by atoms with Crippen molar-refractivity contribution in [2.45, 2.75) is 13.8 Å². The highest BCUT2D eigenvalue weighted by atomic mass is 32.1. The van der Waals surface area contributed by atoms with E-state index in [1.165, 1.54) is 0 Å². The van der Waals surface area contributed by atoms with E-state index in [0.717, 1.165) is 18.1 Å². The van der Waals surface area contributed by atoms with Gasteiger partial charge in [0.2, 0.25) is 0 Å². The number of hydrogen-bond acceptors (Lipinski definition) is 6. The van der Waals surface area contributed by atoms with Gasteiger partial charge in [0.1, 0.15) is 10.6 Å². The van der Waals surface area contributed by atoms with Gasteiger partial charge in [0.15, 0.2) is 5.82 Å². The molecule has 5 N–H and O–H groups in total. The summed E-state index contributed by atoms with van der Waals surface area (Å²) in [5, 5.41) is 3.85. The van der Waals surface area contributed by atoms with Crippen molar-refractivity contribution in [3.05, 3.63) is 5.56 Å². The smallest absolute Gasteiger partial charge is 0.255 e. The molecule has 0 fully saturated rings. The van der Waals surface area contributed by atoms with Gasteiger partial charge >= 0.3 is 0 Å². The molecule has 0 aromatic carbocycles.